The molecule has 0 saturated carbocycles. The zero-order chi connectivity index (χ0) is 18.0. The molecule has 26 heavy (non-hydrogen) atoms. The van der Waals surface area contributed by atoms with Gasteiger partial charge in [-0.3, -0.25) is 4.99 Å². The van der Waals surface area contributed by atoms with Crippen LogP contribution in [0.15, 0.2) is 58.5 Å². The van der Waals surface area contributed by atoms with Crippen LogP contribution >= 0.6 is 11.8 Å². The summed E-state index contributed by atoms with van der Waals surface area (Å²) in [6, 6.07) is 11.4. The average Bonchev–Trinajstić information content (AvgIpc) is 3.07. The van der Waals surface area contributed by atoms with Gasteiger partial charge in [0.2, 0.25) is 0 Å². The van der Waals surface area contributed by atoms with E-state index in [1.807, 2.05) is 0 Å². The molecule has 3 heteroatoms. The molecule has 4 atom stereocenters. The minimum absolute atomic E-state index is 0.0455. The lowest BCUT2D eigenvalue weighted by molar-refractivity contribution is 0.183. The standard InChI is InChI=1S/C23H30N2S/c1-3-5-14-22(4-2)17-26-20-13-9-12-19-15-24-16-23(19,20)21(25-22)18-10-7-6-8-11-18/h6-13,15,19,21,25H,3-5,14,16-17H2,1-2H3/t19?,21-,22+,23?/m0/s1. The van der Waals surface area contributed by atoms with E-state index in [0.717, 1.165) is 12.3 Å². The topological polar surface area (TPSA) is 24.4 Å². The van der Waals surface area contributed by atoms with E-state index in [2.05, 4.69) is 85.7 Å². The van der Waals surface area contributed by atoms with Crippen LogP contribution in [0.3, 0.4) is 0 Å². The number of aliphatic imine (C=N–C) groups is 1. The molecule has 3 aliphatic rings. The second kappa shape index (κ2) is 7.36. The monoisotopic (exact) mass is 366 g/mol. The summed E-state index contributed by atoms with van der Waals surface area (Å²) in [6.45, 7) is 5.54. The molecule has 1 aliphatic carbocycles. The SMILES string of the molecule is CCCC[C@]1(CC)CSC2=CC=CC3C=NCC23[C@H](c2ccccc2)N1. The normalized spacial score (nSPS) is 35.5. The summed E-state index contributed by atoms with van der Waals surface area (Å²) in [5.74, 6) is 1.55. The molecular formula is C23H30N2S. The fraction of sp³-hybridized carbons (Fsp3) is 0.522. The molecule has 1 aromatic rings. The highest BCUT2D eigenvalue weighted by Gasteiger charge is 2.54. The molecule has 4 rings (SSSR count). The smallest absolute Gasteiger partial charge is 0.0515 e. The van der Waals surface area contributed by atoms with Crippen molar-refractivity contribution >= 4 is 18.0 Å². The second-order valence-electron chi connectivity index (χ2n) is 7.99. The molecule has 2 unspecified atom stereocenters. The Bertz CT molecular complexity index is 723. The number of nitrogens with one attached hydrogen (secondary N) is 1. The molecule has 2 heterocycles. The molecule has 1 aromatic carbocycles. The lowest BCUT2D eigenvalue weighted by Crippen LogP contribution is -2.53. The van der Waals surface area contributed by atoms with E-state index in [1.165, 1.54) is 36.2 Å². The van der Waals surface area contributed by atoms with Gasteiger partial charge in [0.1, 0.15) is 0 Å². The number of hydrogen-bond acceptors (Lipinski definition) is 3. The summed E-state index contributed by atoms with van der Waals surface area (Å²) in [5, 5.41) is 4.22. The first kappa shape index (κ1) is 18.1. The lowest BCUT2D eigenvalue weighted by Gasteiger charge is -2.45. The van der Waals surface area contributed by atoms with Crippen molar-refractivity contribution in [2.75, 3.05) is 12.3 Å². The van der Waals surface area contributed by atoms with Crippen molar-refractivity contribution in [2.45, 2.75) is 51.1 Å². The number of unbranched alkanes of at least 4 members (excludes halogenated alkanes) is 1. The van der Waals surface area contributed by atoms with Crippen LogP contribution in [0.5, 0.6) is 0 Å². The first-order valence-electron chi connectivity index (χ1n) is 10.1. The molecule has 0 bridgehead atoms. The maximum atomic E-state index is 4.79. The van der Waals surface area contributed by atoms with E-state index < -0.39 is 0 Å². The largest absolute Gasteiger partial charge is 0.303 e. The van der Waals surface area contributed by atoms with Gasteiger partial charge in [0, 0.05) is 29.5 Å². The highest BCUT2D eigenvalue weighted by Crippen LogP contribution is 2.57. The molecule has 1 saturated heterocycles. The van der Waals surface area contributed by atoms with Crippen molar-refractivity contribution in [3.63, 3.8) is 0 Å². The minimum Gasteiger partial charge on any atom is -0.303 e. The molecule has 1 fully saturated rings. The van der Waals surface area contributed by atoms with Gasteiger partial charge in [0.25, 0.3) is 0 Å². The first-order valence-corrected chi connectivity index (χ1v) is 11.1. The van der Waals surface area contributed by atoms with Crippen LogP contribution in [0.4, 0.5) is 0 Å². The quantitative estimate of drug-likeness (QED) is 0.739. The zero-order valence-electron chi connectivity index (χ0n) is 15.9. The van der Waals surface area contributed by atoms with Crippen LogP contribution in [-0.4, -0.2) is 24.1 Å². The van der Waals surface area contributed by atoms with E-state index in [9.17, 15) is 0 Å². The molecule has 1 N–H and O–H groups in total. The molecule has 138 valence electrons. The van der Waals surface area contributed by atoms with Crippen molar-refractivity contribution in [1.82, 2.24) is 5.32 Å². The Morgan fingerprint density at radius 1 is 1.23 bits per heavy atom. The number of hydrogen-bond donors (Lipinski definition) is 1. The van der Waals surface area contributed by atoms with Crippen LogP contribution in [0.25, 0.3) is 0 Å². The Morgan fingerprint density at radius 3 is 2.85 bits per heavy atom. The third-order valence-corrected chi connectivity index (χ3v) is 8.05. The summed E-state index contributed by atoms with van der Waals surface area (Å²) in [6.07, 6.45) is 14.1. The first-order chi connectivity index (χ1) is 12.7. The number of benzene rings is 1. The van der Waals surface area contributed by atoms with Gasteiger partial charge < -0.3 is 5.32 Å². The molecule has 0 radical (unpaired) electrons. The molecule has 0 aromatic heterocycles. The van der Waals surface area contributed by atoms with Gasteiger partial charge in [-0.15, -0.1) is 11.8 Å². The molecule has 0 amide bonds. The summed E-state index contributed by atoms with van der Waals surface area (Å²) in [7, 11) is 0. The van der Waals surface area contributed by atoms with Crippen molar-refractivity contribution in [2.24, 2.45) is 16.3 Å². The minimum atomic E-state index is 0.0455. The van der Waals surface area contributed by atoms with Crippen molar-refractivity contribution in [1.29, 1.82) is 0 Å². The lowest BCUT2D eigenvalue weighted by atomic mass is 9.66. The van der Waals surface area contributed by atoms with E-state index in [-0.39, 0.29) is 11.0 Å². The fourth-order valence-corrected chi connectivity index (χ4v) is 6.43. The highest BCUT2D eigenvalue weighted by atomic mass is 32.2. The third kappa shape index (κ3) is 2.90. The Kier molecular flexibility index (Phi) is 5.11. The van der Waals surface area contributed by atoms with E-state index in [0.29, 0.717) is 12.0 Å². The third-order valence-electron chi connectivity index (χ3n) is 6.53. The number of rotatable bonds is 5. The highest BCUT2D eigenvalue weighted by molar-refractivity contribution is 8.03. The maximum Gasteiger partial charge on any atom is 0.0515 e. The van der Waals surface area contributed by atoms with E-state index in [4.69, 9.17) is 4.99 Å². The molecule has 2 aliphatic heterocycles. The average molecular weight is 367 g/mol. The van der Waals surface area contributed by atoms with Gasteiger partial charge in [0.05, 0.1) is 12.0 Å². The molecule has 1 spiro atoms. The summed E-state index contributed by atoms with van der Waals surface area (Å²) >= 11 is 2.08. The summed E-state index contributed by atoms with van der Waals surface area (Å²) in [5.41, 5.74) is 1.64. The van der Waals surface area contributed by atoms with Gasteiger partial charge in [-0.1, -0.05) is 75.2 Å². The van der Waals surface area contributed by atoms with Gasteiger partial charge in [-0.2, -0.15) is 0 Å². The van der Waals surface area contributed by atoms with Crippen LogP contribution in [0, 0.1) is 11.3 Å². The summed E-state index contributed by atoms with van der Waals surface area (Å²) < 4.78 is 0. The van der Waals surface area contributed by atoms with Gasteiger partial charge in [-0.05, 0) is 23.3 Å². The van der Waals surface area contributed by atoms with Crippen LogP contribution in [-0.2, 0) is 0 Å². The van der Waals surface area contributed by atoms with E-state index in [1.54, 1.807) is 0 Å². The number of nitrogens with zero attached hydrogens (tertiary/aromatic N) is 1. The van der Waals surface area contributed by atoms with Gasteiger partial charge in [0.15, 0.2) is 0 Å². The second-order valence-corrected chi connectivity index (χ2v) is 9.00. The van der Waals surface area contributed by atoms with Crippen molar-refractivity contribution < 1.29 is 0 Å². The Hall–Kier alpha value is -1.32. The van der Waals surface area contributed by atoms with Gasteiger partial charge >= 0.3 is 0 Å². The molecule has 2 nitrogen and oxygen atoms in total. The fourth-order valence-electron chi connectivity index (χ4n) is 4.80. The zero-order valence-corrected chi connectivity index (χ0v) is 16.8. The van der Waals surface area contributed by atoms with Crippen molar-refractivity contribution in [3.8, 4) is 0 Å². The number of allylic oxidation sites excluding steroid dienone is 3. The Balaban J connectivity index is 1.81. The molecular weight excluding hydrogens is 336 g/mol. The van der Waals surface area contributed by atoms with Crippen LogP contribution in [0.1, 0.15) is 51.1 Å². The van der Waals surface area contributed by atoms with Crippen LogP contribution < -0.4 is 5.32 Å². The van der Waals surface area contributed by atoms with E-state index >= 15 is 0 Å². The van der Waals surface area contributed by atoms with Gasteiger partial charge in [-0.25, -0.2) is 0 Å². The number of thioether (sulfide) groups is 1. The Labute approximate surface area is 162 Å². The maximum absolute atomic E-state index is 4.79. The van der Waals surface area contributed by atoms with Crippen LogP contribution in [0.2, 0.25) is 0 Å². The predicted molar refractivity (Wildman–Crippen MR) is 114 cm³/mol. The van der Waals surface area contributed by atoms with Crippen molar-refractivity contribution in [3.05, 3.63) is 59.0 Å². The predicted octanol–water partition coefficient (Wildman–Crippen LogP) is 5.54. The summed E-state index contributed by atoms with van der Waals surface area (Å²) in [4.78, 5) is 6.31. The Morgan fingerprint density at radius 2 is 2.08 bits per heavy atom.